The van der Waals surface area contributed by atoms with Crippen LogP contribution < -0.4 is 10.1 Å². The smallest absolute Gasteiger partial charge is 0.271 e. The lowest BCUT2D eigenvalue weighted by Gasteiger charge is -2.13. The van der Waals surface area contributed by atoms with Crippen LogP contribution in [0.15, 0.2) is 6.07 Å². The first-order valence-corrected chi connectivity index (χ1v) is 6.58. The van der Waals surface area contributed by atoms with Crippen molar-refractivity contribution in [1.29, 1.82) is 0 Å². The maximum absolute atomic E-state index is 11.9. The molecule has 0 saturated carbocycles. The largest absolute Gasteiger partial charge is 0.481 e. The Morgan fingerprint density at radius 3 is 2.89 bits per heavy atom. The number of halogens is 1. The number of carbonyl (C=O) groups excluding carboxylic acids is 1. The minimum absolute atomic E-state index is 0.179. The molecular weight excluding hydrogens is 254 g/mol. The lowest BCUT2D eigenvalue weighted by molar-refractivity contribution is 0.0940. The SMILES string of the molecule is CCC(CCCl)CNC(=O)c1cc(OC)n(C)n1. The number of hydrogen-bond acceptors (Lipinski definition) is 3. The summed E-state index contributed by atoms with van der Waals surface area (Å²) >= 11 is 5.71. The van der Waals surface area contributed by atoms with Crippen molar-refractivity contribution in [1.82, 2.24) is 15.1 Å². The Balaban J connectivity index is 2.54. The zero-order valence-electron chi connectivity index (χ0n) is 11.1. The molecule has 6 heteroatoms. The summed E-state index contributed by atoms with van der Waals surface area (Å²) in [5.41, 5.74) is 0.370. The van der Waals surface area contributed by atoms with Gasteiger partial charge in [-0.05, 0) is 12.3 Å². The van der Waals surface area contributed by atoms with Crippen LogP contribution in [0.4, 0.5) is 0 Å². The van der Waals surface area contributed by atoms with Gasteiger partial charge in [0.2, 0.25) is 5.88 Å². The van der Waals surface area contributed by atoms with Gasteiger partial charge in [-0.15, -0.1) is 11.6 Å². The second-order valence-corrected chi connectivity index (χ2v) is 4.54. The number of amides is 1. The van der Waals surface area contributed by atoms with Crippen LogP contribution in [0.25, 0.3) is 0 Å². The molecule has 1 aromatic heterocycles. The molecule has 1 N–H and O–H groups in total. The molecule has 0 radical (unpaired) electrons. The van der Waals surface area contributed by atoms with Crippen molar-refractivity contribution >= 4 is 17.5 Å². The van der Waals surface area contributed by atoms with Crippen LogP contribution in [-0.4, -0.2) is 35.2 Å². The number of hydrogen-bond donors (Lipinski definition) is 1. The molecule has 1 heterocycles. The quantitative estimate of drug-likeness (QED) is 0.771. The standard InChI is InChI=1S/C12H20ClN3O2/c1-4-9(5-6-13)8-14-12(17)10-7-11(18-3)16(2)15-10/h7,9H,4-6,8H2,1-3H3,(H,14,17). The molecule has 0 saturated heterocycles. The Morgan fingerprint density at radius 2 is 2.39 bits per heavy atom. The van der Waals surface area contributed by atoms with E-state index in [4.69, 9.17) is 16.3 Å². The molecule has 5 nitrogen and oxygen atoms in total. The number of alkyl halides is 1. The van der Waals surface area contributed by atoms with Gasteiger partial charge in [0.15, 0.2) is 5.69 Å². The maximum Gasteiger partial charge on any atom is 0.271 e. The van der Waals surface area contributed by atoms with Gasteiger partial charge in [0.05, 0.1) is 7.11 Å². The first kappa shape index (κ1) is 14.8. The van der Waals surface area contributed by atoms with Gasteiger partial charge >= 0.3 is 0 Å². The predicted molar refractivity (Wildman–Crippen MR) is 71.2 cm³/mol. The van der Waals surface area contributed by atoms with E-state index in [0.717, 1.165) is 12.8 Å². The normalized spacial score (nSPS) is 12.2. The molecule has 0 bridgehead atoms. The number of rotatable bonds is 7. The van der Waals surface area contributed by atoms with Crippen LogP contribution in [0.1, 0.15) is 30.3 Å². The summed E-state index contributed by atoms with van der Waals surface area (Å²) in [7, 11) is 3.28. The molecule has 1 amide bonds. The van der Waals surface area contributed by atoms with E-state index in [9.17, 15) is 4.79 Å². The molecule has 0 spiro atoms. The topological polar surface area (TPSA) is 56.1 Å². The number of nitrogens with one attached hydrogen (secondary N) is 1. The summed E-state index contributed by atoms with van der Waals surface area (Å²) < 4.78 is 6.60. The van der Waals surface area contributed by atoms with Gasteiger partial charge in [-0.3, -0.25) is 4.79 Å². The zero-order chi connectivity index (χ0) is 13.5. The lowest BCUT2D eigenvalue weighted by Crippen LogP contribution is -2.29. The molecule has 18 heavy (non-hydrogen) atoms. The third-order valence-corrected chi connectivity index (χ3v) is 3.14. The van der Waals surface area contributed by atoms with Gasteiger partial charge in [-0.1, -0.05) is 13.3 Å². The Kier molecular flexibility index (Phi) is 5.98. The molecule has 1 rings (SSSR count). The van der Waals surface area contributed by atoms with Gasteiger partial charge < -0.3 is 10.1 Å². The number of nitrogens with zero attached hydrogens (tertiary/aromatic N) is 2. The van der Waals surface area contributed by atoms with E-state index in [2.05, 4.69) is 17.3 Å². The summed E-state index contributed by atoms with van der Waals surface area (Å²) in [5.74, 6) is 1.41. The lowest BCUT2D eigenvalue weighted by atomic mass is 10.0. The van der Waals surface area contributed by atoms with E-state index in [-0.39, 0.29) is 5.91 Å². The average Bonchev–Trinajstić information content (AvgIpc) is 2.75. The Morgan fingerprint density at radius 1 is 1.67 bits per heavy atom. The van der Waals surface area contributed by atoms with Crippen molar-refractivity contribution in [2.45, 2.75) is 19.8 Å². The van der Waals surface area contributed by atoms with Crippen LogP contribution in [0, 0.1) is 5.92 Å². The van der Waals surface area contributed by atoms with E-state index < -0.39 is 0 Å². The van der Waals surface area contributed by atoms with Gasteiger partial charge in [0.1, 0.15) is 0 Å². The maximum atomic E-state index is 11.9. The Hall–Kier alpha value is -1.23. The van der Waals surface area contributed by atoms with Crippen LogP contribution in [-0.2, 0) is 7.05 Å². The fourth-order valence-electron chi connectivity index (χ4n) is 1.68. The predicted octanol–water partition coefficient (Wildman–Crippen LogP) is 1.81. The van der Waals surface area contributed by atoms with E-state index in [1.807, 2.05) is 0 Å². The number of aryl methyl sites for hydroxylation is 1. The number of carbonyl (C=O) groups is 1. The molecule has 102 valence electrons. The zero-order valence-corrected chi connectivity index (χ0v) is 11.8. The minimum atomic E-state index is -0.179. The summed E-state index contributed by atoms with van der Waals surface area (Å²) in [5, 5.41) is 6.96. The highest BCUT2D eigenvalue weighted by atomic mass is 35.5. The summed E-state index contributed by atoms with van der Waals surface area (Å²) in [6, 6.07) is 1.62. The molecule has 0 aliphatic heterocycles. The third-order valence-electron chi connectivity index (χ3n) is 2.92. The van der Waals surface area contributed by atoms with Gasteiger partial charge in [0.25, 0.3) is 5.91 Å². The van der Waals surface area contributed by atoms with E-state index in [1.165, 1.54) is 4.68 Å². The molecular formula is C12H20ClN3O2. The number of aromatic nitrogens is 2. The van der Waals surface area contributed by atoms with Crippen molar-refractivity contribution in [3.8, 4) is 5.88 Å². The Bertz CT molecular complexity index is 393. The second kappa shape index (κ2) is 7.26. The van der Waals surface area contributed by atoms with Gasteiger partial charge in [-0.25, -0.2) is 4.68 Å². The van der Waals surface area contributed by atoms with Gasteiger partial charge in [-0.2, -0.15) is 5.10 Å². The first-order valence-electron chi connectivity index (χ1n) is 6.04. The van der Waals surface area contributed by atoms with E-state index in [1.54, 1.807) is 20.2 Å². The highest BCUT2D eigenvalue weighted by Gasteiger charge is 2.14. The molecule has 0 aromatic carbocycles. The fraction of sp³-hybridized carbons (Fsp3) is 0.667. The van der Waals surface area contributed by atoms with Gasteiger partial charge in [0, 0.05) is 25.5 Å². The molecule has 1 atom stereocenters. The van der Waals surface area contributed by atoms with Crippen molar-refractivity contribution in [2.75, 3.05) is 19.5 Å². The van der Waals surface area contributed by atoms with Crippen LogP contribution in [0.3, 0.4) is 0 Å². The number of methoxy groups -OCH3 is 1. The molecule has 0 aliphatic rings. The van der Waals surface area contributed by atoms with Crippen molar-refractivity contribution in [2.24, 2.45) is 13.0 Å². The molecule has 1 aromatic rings. The molecule has 1 unspecified atom stereocenters. The summed E-state index contributed by atoms with van der Waals surface area (Å²) in [6.07, 6.45) is 1.91. The van der Waals surface area contributed by atoms with E-state index >= 15 is 0 Å². The highest BCUT2D eigenvalue weighted by molar-refractivity contribution is 6.17. The van der Waals surface area contributed by atoms with Crippen molar-refractivity contribution in [3.63, 3.8) is 0 Å². The van der Waals surface area contributed by atoms with Crippen molar-refractivity contribution < 1.29 is 9.53 Å². The number of ether oxygens (including phenoxy) is 1. The third kappa shape index (κ3) is 3.91. The molecule has 0 aliphatic carbocycles. The monoisotopic (exact) mass is 273 g/mol. The van der Waals surface area contributed by atoms with Crippen LogP contribution in [0.2, 0.25) is 0 Å². The summed E-state index contributed by atoms with van der Waals surface area (Å²) in [6.45, 7) is 2.72. The van der Waals surface area contributed by atoms with Crippen LogP contribution in [0.5, 0.6) is 5.88 Å². The highest BCUT2D eigenvalue weighted by Crippen LogP contribution is 2.12. The van der Waals surface area contributed by atoms with Crippen molar-refractivity contribution in [3.05, 3.63) is 11.8 Å². The Labute approximate surface area is 112 Å². The minimum Gasteiger partial charge on any atom is -0.481 e. The van der Waals surface area contributed by atoms with E-state index in [0.29, 0.717) is 29.9 Å². The first-order chi connectivity index (χ1) is 8.62. The van der Waals surface area contributed by atoms with Crippen LogP contribution >= 0.6 is 11.6 Å². The molecule has 0 fully saturated rings. The fourth-order valence-corrected chi connectivity index (χ4v) is 1.99. The summed E-state index contributed by atoms with van der Waals surface area (Å²) in [4.78, 5) is 11.9. The second-order valence-electron chi connectivity index (χ2n) is 4.16. The average molecular weight is 274 g/mol.